The molecule has 0 aliphatic heterocycles. The highest BCUT2D eigenvalue weighted by molar-refractivity contribution is 6.26. The first-order chi connectivity index (χ1) is 26.9. The molecule has 0 aromatic heterocycles. The minimum atomic E-state index is 0.0972. The molecule has 0 unspecified atom stereocenters. The average molecular weight is 704 g/mol. The van der Waals surface area contributed by atoms with E-state index in [-0.39, 0.29) is 5.41 Å². The standard InChI is InChI=1S/C54H41N/c1-54(2,3)41-27-30-43(31-28-41)55(42-16-5-4-6-17-42)44-29-26-37-32-39(25-24-38(37)33-44)51-34-40-35-52(46-23-13-15-36-14-7-8-18-45(36)46)48-20-10-12-22-50(48)53(40)49-21-11-9-19-47(49)51/h4-35H,1-3H3. The van der Waals surface area contributed by atoms with Gasteiger partial charge in [-0.05, 0) is 142 Å². The average Bonchev–Trinajstić information content (AvgIpc) is 3.23. The van der Waals surface area contributed by atoms with Crippen molar-refractivity contribution in [2.45, 2.75) is 26.2 Å². The second-order valence-electron chi connectivity index (χ2n) is 15.8. The van der Waals surface area contributed by atoms with E-state index in [2.05, 4.69) is 220 Å². The van der Waals surface area contributed by atoms with Crippen LogP contribution in [0.3, 0.4) is 0 Å². The summed E-state index contributed by atoms with van der Waals surface area (Å²) in [6.07, 6.45) is 0. The Bertz CT molecular complexity index is 3050. The highest BCUT2D eigenvalue weighted by atomic mass is 15.1. The lowest BCUT2D eigenvalue weighted by Gasteiger charge is -2.27. The molecule has 0 saturated heterocycles. The third-order valence-electron chi connectivity index (χ3n) is 11.3. The van der Waals surface area contributed by atoms with Crippen molar-refractivity contribution < 1.29 is 0 Å². The third kappa shape index (κ3) is 5.72. The molecule has 55 heavy (non-hydrogen) atoms. The molecule has 0 heterocycles. The highest BCUT2D eigenvalue weighted by Crippen LogP contribution is 2.44. The van der Waals surface area contributed by atoms with Crippen LogP contribution in [-0.4, -0.2) is 0 Å². The second kappa shape index (κ2) is 13.0. The molecular formula is C54H41N. The first-order valence-electron chi connectivity index (χ1n) is 19.3. The minimum absolute atomic E-state index is 0.0972. The summed E-state index contributed by atoms with van der Waals surface area (Å²) in [6, 6.07) is 71.6. The molecule has 262 valence electrons. The Morgan fingerprint density at radius 3 is 1.60 bits per heavy atom. The number of nitrogens with zero attached hydrogens (tertiary/aromatic N) is 1. The predicted molar refractivity (Wildman–Crippen MR) is 238 cm³/mol. The lowest BCUT2D eigenvalue weighted by atomic mass is 9.86. The number of anilines is 3. The van der Waals surface area contributed by atoms with Gasteiger partial charge >= 0.3 is 0 Å². The maximum Gasteiger partial charge on any atom is 0.0468 e. The van der Waals surface area contributed by atoms with Crippen molar-refractivity contribution in [3.05, 3.63) is 200 Å². The Morgan fingerprint density at radius 2 is 0.873 bits per heavy atom. The van der Waals surface area contributed by atoms with E-state index >= 15 is 0 Å². The van der Waals surface area contributed by atoms with Crippen LogP contribution in [-0.2, 0) is 5.41 Å². The van der Waals surface area contributed by atoms with E-state index < -0.39 is 0 Å². The maximum absolute atomic E-state index is 2.43. The Balaban J connectivity index is 1.13. The molecule has 0 atom stereocenters. The van der Waals surface area contributed by atoms with Gasteiger partial charge in [-0.3, -0.25) is 0 Å². The van der Waals surface area contributed by atoms with Gasteiger partial charge in [0.05, 0.1) is 0 Å². The minimum Gasteiger partial charge on any atom is -0.310 e. The lowest BCUT2D eigenvalue weighted by Crippen LogP contribution is -2.13. The highest BCUT2D eigenvalue weighted by Gasteiger charge is 2.18. The Morgan fingerprint density at radius 1 is 0.327 bits per heavy atom. The van der Waals surface area contributed by atoms with Gasteiger partial charge in [0.15, 0.2) is 0 Å². The van der Waals surface area contributed by atoms with Crippen LogP contribution < -0.4 is 4.90 Å². The summed E-state index contributed by atoms with van der Waals surface area (Å²) in [4.78, 5) is 2.36. The molecule has 0 aliphatic carbocycles. The fourth-order valence-corrected chi connectivity index (χ4v) is 8.58. The summed E-state index contributed by atoms with van der Waals surface area (Å²) >= 11 is 0. The Labute approximate surface area is 322 Å². The van der Waals surface area contributed by atoms with Gasteiger partial charge in [-0.15, -0.1) is 0 Å². The first kappa shape index (κ1) is 32.9. The summed E-state index contributed by atoms with van der Waals surface area (Å²) in [7, 11) is 0. The van der Waals surface area contributed by atoms with Gasteiger partial charge in [0.25, 0.3) is 0 Å². The number of fused-ring (bicyclic) bond motifs is 7. The fraction of sp³-hybridized carbons (Fsp3) is 0.0741. The van der Waals surface area contributed by atoms with Gasteiger partial charge in [-0.25, -0.2) is 0 Å². The van der Waals surface area contributed by atoms with Gasteiger partial charge in [-0.2, -0.15) is 0 Å². The van der Waals surface area contributed by atoms with Gasteiger partial charge in [0.1, 0.15) is 0 Å². The zero-order valence-corrected chi connectivity index (χ0v) is 31.4. The van der Waals surface area contributed by atoms with Crippen LogP contribution in [0.2, 0.25) is 0 Å². The van der Waals surface area contributed by atoms with E-state index in [1.165, 1.54) is 81.7 Å². The summed E-state index contributed by atoms with van der Waals surface area (Å²) in [5.41, 5.74) is 9.85. The van der Waals surface area contributed by atoms with Crippen LogP contribution in [0, 0.1) is 0 Å². The van der Waals surface area contributed by atoms with Crippen molar-refractivity contribution >= 4 is 70.9 Å². The molecule has 0 saturated carbocycles. The van der Waals surface area contributed by atoms with E-state index in [9.17, 15) is 0 Å². The molecule has 0 N–H and O–H groups in total. The number of rotatable bonds is 5. The second-order valence-corrected chi connectivity index (χ2v) is 15.8. The summed E-state index contributed by atoms with van der Waals surface area (Å²) in [6.45, 7) is 6.79. The molecular weight excluding hydrogens is 663 g/mol. The zero-order chi connectivity index (χ0) is 37.1. The van der Waals surface area contributed by atoms with Crippen LogP contribution in [0.25, 0.3) is 76.1 Å². The molecule has 10 aromatic rings. The van der Waals surface area contributed by atoms with Crippen molar-refractivity contribution in [1.82, 2.24) is 0 Å². The van der Waals surface area contributed by atoms with Crippen molar-refractivity contribution in [1.29, 1.82) is 0 Å². The number of para-hydroxylation sites is 1. The predicted octanol–water partition coefficient (Wildman–Crippen LogP) is 15.6. The summed E-state index contributed by atoms with van der Waals surface area (Å²) in [5, 5.41) is 12.6. The zero-order valence-electron chi connectivity index (χ0n) is 31.4. The maximum atomic E-state index is 2.43. The monoisotopic (exact) mass is 703 g/mol. The normalized spacial score (nSPS) is 11.9. The smallest absolute Gasteiger partial charge is 0.0468 e. The van der Waals surface area contributed by atoms with E-state index in [1.54, 1.807) is 0 Å². The van der Waals surface area contributed by atoms with Crippen molar-refractivity contribution in [3.63, 3.8) is 0 Å². The van der Waals surface area contributed by atoms with Crippen molar-refractivity contribution in [3.8, 4) is 22.3 Å². The molecule has 10 aromatic carbocycles. The van der Waals surface area contributed by atoms with Gasteiger partial charge in [0, 0.05) is 17.1 Å². The third-order valence-corrected chi connectivity index (χ3v) is 11.3. The molecule has 0 fully saturated rings. The molecule has 1 nitrogen and oxygen atoms in total. The first-order valence-corrected chi connectivity index (χ1v) is 19.3. The molecule has 0 aliphatic rings. The van der Waals surface area contributed by atoms with E-state index in [1.807, 2.05) is 0 Å². The van der Waals surface area contributed by atoms with Crippen LogP contribution in [0.15, 0.2) is 194 Å². The van der Waals surface area contributed by atoms with Gasteiger partial charge < -0.3 is 4.90 Å². The van der Waals surface area contributed by atoms with Crippen LogP contribution in [0.4, 0.5) is 17.1 Å². The summed E-state index contributed by atoms with van der Waals surface area (Å²) in [5.74, 6) is 0. The topological polar surface area (TPSA) is 3.24 Å². The largest absolute Gasteiger partial charge is 0.310 e. The quantitative estimate of drug-likeness (QED) is 0.161. The van der Waals surface area contributed by atoms with Gasteiger partial charge in [-0.1, -0.05) is 160 Å². The van der Waals surface area contributed by atoms with Crippen molar-refractivity contribution in [2.24, 2.45) is 0 Å². The van der Waals surface area contributed by atoms with E-state index in [4.69, 9.17) is 0 Å². The fourth-order valence-electron chi connectivity index (χ4n) is 8.58. The van der Waals surface area contributed by atoms with Crippen molar-refractivity contribution in [2.75, 3.05) is 4.90 Å². The summed E-state index contributed by atoms with van der Waals surface area (Å²) < 4.78 is 0. The molecule has 0 spiro atoms. The number of hydrogen-bond donors (Lipinski definition) is 0. The van der Waals surface area contributed by atoms with Crippen LogP contribution in [0.5, 0.6) is 0 Å². The van der Waals surface area contributed by atoms with E-state index in [0.717, 1.165) is 17.1 Å². The number of benzene rings is 10. The molecule has 1 heteroatoms. The molecule has 0 bridgehead atoms. The van der Waals surface area contributed by atoms with Gasteiger partial charge in [0.2, 0.25) is 0 Å². The SMILES string of the molecule is CC(C)(C)c1ccc(N(c2ccccc2)c2ccc3cc(-c4cc5cc(-c6cccc7ccccc67)c6ccccc6c5c5ccccc45)ccc3c2)cc1. The molecule has 0 amide bonds. The Hall–Kier alpha value is -6.70. The van der Waals surface area contributed by atoms with Crippen LogP contribution in [0.1, 0.15) is 26.3 Å². The molecule has 0 radical (unpaired) electrons. The lowest BCUT2D eigenvalue weighted by molar-refractivity contribution is 0.590. The van der Waals surface area contributed by atoms with Crippen LogP contribution >= 0.6 is 0 Å². The number of hydrogen-bond acceptors (Lipinski definition) is 1. The van der Waals surface area contributed by atoms with E-state index in [0.29, 0.717) is 0 Å². The molecule has 10 rings (SSSR count). The Kier molecular flexibility index (Phi) is 7.78.